The van der Waals surface area contributed by atoms with E-state index >= 15 is 0 Å². The summed E-state index contributed by atoms with van der Waals surface area (Å²) >= 11 is 0. The highest BCUT2D eigenvalue weighted by Gasteiger charge is 2.54. The van der Waals surface area contributed by atoms with E-state index in [0.717, 1.165) is 12.4 Å². The molecule has 2 aromatic rings. The van der Waals surface area contributed by atoms with Crippen molar-refractivity contribution >= 4 is 11.7 Å². The number of pyridine rings is 1. The summed E-state index contributed by atoms with van der Waals surface area (Å²) in [5, 5.41) is 0. The second-order valence-corrected chi connectivity index (χ2v) is 8.26. The van der Waals surface area contributed by atoms with Gasteiger partial charge in [-0.3, -0.25) is 9.69 Å². The number of anilines is 1. The molecule has 4 fully saturated rings. The van der Waals surface area contributed by atoms with E-state index in [1.165, 1.54) is 37.1 Å². The minimum atomic E-state index is -0.394. The zero-order valence-electron chi connectivity index (χ0n) is 15.7. The lowest BCUT2D eigenvalue weighted by atomic mass is 9.75. The number of hydrogen-bond acceptors (Lipinski definition) is 4. The van der Waals surface area contributed by atoms with Crippen LogP contribution < -0.4 is 10.6 Å². The Morgan fingerprint density at radius 2 is 1.85 bits per heavy atom. The molecule has 0 radical (unpaired) electrons. The third-order valence-electron chi connectivity index (χ3n) is 6.82. The van der Waals surface area contributed by atoms with Crippen LogP contribution in [0.4, 0.5) is 5.82 Å². The van der Waals surface area contributed by atoms with Crippen LogP contribution in [0.25, 0.3) is 0 Å². The molecule has 1 amide bonds. The van der Waals surface area contributed by atoms with Crippen LogP contribution in [0.3, 0.4) is 0 Å². The van der Waals surface area contributed by atoms with Gasteiger partial charge in [0, 0.05) is 30.7 Å². The van der Waals surface area contributed by atoms with Gasteiger partial charge in [0.25, 0.3) is 5.91 Å². The molecule has 6 rings (SSSR count). The van der Waals surface area contributed by atoms with Gasteiger partial charge in [0.05, 0.1) is 5.56 Å². The van der Waals surface area contributed by atoms with E-state index < -0.39 is 5.91 Å². The summed E-state index contributed by atoms with van der Waals surface area (Å²) in [5.74, 6) is 1.47. The van der Waals surface area contributed by atoms with Crippen LogP contribution in [0, 0.1) is 12.8 Å². The Morgan fingerprint density at radius 1 is 1.11 bits per heavy atom. The van der Waals surface area contributed by atoms with Gasteiger partial charge in [0.15, 0.2) is 0 Å². The number of benzene rings is 1. The number of aromatic nitrogens is 1. The van der Waals surface area contributed by atoms with Crippen LogP contribution in [0.1, 0.15) is 40.2 Å². The van der Waals surface area contributed by atoms with Crippen molar-refractivity contribution in [1.82, 2.24) is 9.88 Å². The zero-order chi connectivity index (χ0) is 18.5. The first-order valence-electron chi connectivity index (χ1n) is 9.95. The van der Waals surface area contributed by atoms with Crippen molar-refractivity contribution in [2.75, 3.05) is 24.5 Å². The summed E-state index contributed by atoms with van der Waals surface area (Å²) in [7, 11) is 0. The standard InChI is InChI=1S/C22H26N4O/c1-14-4-6-15(7-5-14)18-13-26(22-17(21(23)27)3-2-10-24-22)19-16-8-11-25(12-9-16)20(18)19/h2-7,10,16,18-20H,8-9,11-13H2,1H3,(H2,23,27)/t18-,19-,20-/m1/s1. The van der Waals surface area contributed by atoms with Crippen molar-refractivity contribution in [2.45, 2.75) is 37.8 Å². The lowest BCUT2D eigenvalue weighted by molar-refractivity contribution is 0.0354. The van der Waals surface area contributed by atoms with Gasteiger partial charge in [-0.15, -0.1) is 0 Å². The molecule has 5 heteroatoms. The topological polar surface area (TPSA) is 62.5 Å². The number of carbonyl (C=O) groups excluding carboxylic acids is 1. The molecule has 3 atom stereocenters. The smallest absolute Gasteiger partial charge is 0.252 e. The lowest BCUT2D eigenvalue weighted by Crippen LogP contribution is -2.60. The first kappa shape index (κ1) is 16.8. The third-order valence-corrected chi connectivity index (χ3v) is 6.82. The molecular weight excluding hydrogens is 336 g/mol. The van der Waals surface area contributed by atoms with Crippen molar-refractivity contribution in [3.63, 3.8) is 0 Å². The quantitative estimate of drug-likeness (QED) is 0.911. The Morgan fingerprint density at radius 3 is 2.56 bits per heavy atom. The molecule has 4 saturated heterocycles. The van der Waals surface area contributed by atoms with Crippen molar-refractivity contribution in [1.29, 1.82) is 0 Å². The van der Waals surface area contributed by atoms with Gasteiger partial charge in [0.1, 0.15) is 5.82 Å². The highest BCUT2D eigenvalue weighted by molar-refractivity contribution is 5.97. The summed E-state index contributed by atoms with van der Waals surface area (Å²) in [6, 6.07) is 13.5. The van der Waals surface area contributed by atoms with E-state index in [2.05, 4.69) is 46.0 Å². The van der Waals surface area contributed by atoms with Gasteiger partial charge in [-0.2, -0.15) is 0 Å². The number of hydrogen-bond donors (Lipinski definition) is 1. The molecule has 0 unspecified atom stereocenters. The van der Waals surface area contributed by atoms with E-state index in [1.54, 1.807) is 18.3 Å². The largest absolute Gasteiger partial charge is 0.365 e. The fourth-order valence-electron chi connectivity index (χ4n) is 5.59. The Kier molecular flexibility index (Phi) is 3.93. The maximum absolute atomic E-state index is 12.0. The van der Waals surface area contributed by atoms with Crippen molar-refractivity contribution in [3.8, 4) is 0 Å². The predicted octanol–water partition coefficient (Wildman–Crippen LogP) is 2.56. The summed E-state index contributed by atoms with van der Waals surface area (Å²) in [5.41, 5.74) is 8.89. The second-order valence-electron chi connectivity index (χ2n) is 8.26. The van der Waals surface area contributed by atoms with Crippen molar-refractivity contribution in [2.24, 2.45) is 11.7 Å². The number of nitrogens with zero attached hydrogens (tertiary/aromatic N) is 3. The summed E-state index contributed by atoms with van der Waals surface area (Å²) < 4.78 is 0. The van der Waals surface area contributed by atoms with Gasteiger partial charge in [-0.1, -0.05) is 29.8 Å². The van der Waals surface area contributed by atoms with E-state index in [0.29, 0.717) is 29.5 Å². The van der Waals surface area contributed by atoms with E-state index in [1.807, 2.05) is 0 Å². The molecule has 1 aromatic carbocycles. The van der Waals surface area contributed by atoms with Crippen LogP contribution in [-0.2, 0) is 0 Å². The van der Waals surface area contributed by atoms with Crippen LogP contribution >= 0.6 is 0 Å². The van der Waals surface area contributed by atoms with Gasteiger partial charge in [-0.05, 0) is 56.5 Å². The zero-order valence-corrected chi connectivity index (χ0v) is 15.7. The van der Waals surface area contributed by atoms with E-state index in [9.17, 15) is 4.79 Å². The summed E-state index contributed by atoms with van der Waals surface area (Å²) in [6.45, 7) is 5.40. The molecule has 0 spiro atoms. The molecule has 2 N–H and O–H groups in total. The minimum Gasteiger partial charge on any atom is -0.365 e. The van der Waals surface area contributed by atoms with E-state index in [-0.39, 0.29) is 0 Å². The summed E-state index contributed by atoms with van der Waals surface area (Å²) in [4.78, 5) is 21.7. The first-order chi connectivity index (χ1) is 13.1. The molecule has 0 saturated carbocycles. The number of carbonyl (C=O) groups is 1. The Labute approximate surface area is 160 Å². The van der Waals surface area contributed by atoms with Gasteiger partial charge in [-0.25, -0.2) is 4.98 Å². The highest BCUT2D eigenvalue weighted by atomic mass is 16.1. The number of fused-ring (bicyclic) bond motifs is 2. The van der Waals surface area contributed by atoms with Crippen LogP contribution in [0.15, 0.2) is 42.6 Å². The number of primary amides is 1. The fourth-order valence-corrected chi connectivity index (χ4v) is 5.59. The maximum Gasteiger partial charge on any atom is 0.252 e. The molecule has 5 nitrogen and oxygen atoms in total. The lowest BCUT2D eigenvalue weighted by Gasteiger charge is -2.51. The molecule has 4 aliphatic rings. The van der Waals surface area contributed by atoms with Gasteiger partial charge in [0.2, 0.25) is 0 Å². The normalized spacial score (nSPS) is 31.7. The molecule has 2 bridgehead atoms. The molecule has 5 heterocycles. The SMILES string of the molecule is Cc1ccc([C@H]2CN(c3ncccc3C(N)=O)[C@@H]3C4CCN(CC4)[C@H]23)cc1. The fraction of sp³-hybridized carbons (Fsp3) is 0.455. The monoisotopic (exact) mass is 362 g/mol. The van der Waals surface area contributed by atoms with Crippen LogP contribution in [-0.4, -0.2) is 47.5 Å². The molecule has 1 aromatic heterocycles. The average molecular weight is 362 g/mol. The van der Waals surface area contributed by atoms with Crippen molar-refractivity contribution in [3.05, 3.63) is 59.3 Å². The number of aryl methyl sites for hydroxylation is 1. The van der Waals surface area contributed by atoms with Crippen LogP contribution in [0.5, 0.6) is 0 Å². The Hall–Kier alpha value is -2.40. The molecular formula is C22H26N4O. The maximum atomic E-state index is 12.0. The van der Waals surface area contributed by atoms with E-state index in [4.69, 9.17) is 5.73 Å². The highest BCUT2D eigenvalue weighted by Crippen LogP contribution is 2.48. The Balaban J connectivity index is 1.59. The number of rotatable bonds is 3. The number of piperidine rings is 3. The number of nitrogens with two attached hydrogens (primary N) is 1. The molecule has 0 aliphatic carbocycles. The Bertz CT molecular complexity index is 857. The number of amides is 1. The van der Waals surface area contributed by atoms with Crippen LogP contribution in [0.2, 0.25) is 0 Å². The molecule has 4 aliphatic heterocycles. The minimum absolute atomic E-state index is 0.394. The second kappa shape index (κ2) is 6.34. The van der Waals surface area contributed by atoms with Gasteiger partial charge < -0.3 is 10.6 Å². The molecule has 140 valence electrons. The van der Waals surface area contributed by atoms with Crippen molar-refractivity contribution < 1.29 is 4.79 Å². The third kappa shape index (κ3) is 2.64. The van der Waals surface area contributed by atoms with Gasteiger partial charge >= 0.3 is 0 Å². The predicted molar refractivity (Wildman–Crippen MR) is 106 cm³/mol. The first-order valence-corrected chi connectivity index (χ1v) is 9.95. The average Bonchev–Trinajstić information content (AvgIpc) is 3.12. The summed E-state index contributed by atoms with van der Waals surface area (Å²) in [6.07, 6.45) is 4.24. The molecule has 27 heavy (non-hydrogen) atoms.